The molecule has 1 rings (SSSR count). The van der Waals surface area contributed by atoms with E-state index in [0.717, 1.165) is 0 Å². The molecule has 1 unspecified atom stereocenters. The molecule has 1 saturated heterocycles. The van der Waals surface area contributed by atoms with Crippen LogP contribution in [-0.2, 0) is 19.0 Å². The van der Waals surface area contributed by atoms with E-state index in [9.17, 15) is 26.7 Å². The van der Waals surface area contributed by atoms with Gasteiger partial charge in [0.15, 0.2) is 0 Å². The molecule has 0 radical (unpaired) electrons. The van der Waals surface area contributed by atoms with Crippen molar-refractivity contribution in [1.82, 2.24) is 0 Å². The van der Waals surface area contributed by atoms with Crippen LogP contribution in [0.5, 0.6) is 0 Å². The quantitative estimate of drug-likeness (QED) is 0.445. The molecule has 0 aromatic heterocycles. The highest BCUT2D eigenvalue weighted by atomic mass is 19.4. The van der Waals surface area contributed by atoms with Crippen molar-refractivity contribution in [3.8, 4) is 0 Å². The molecule has 1 heterocycles. The molecular formula is C9H9F5O4. The van der Waals surface area contributed by atoms with Gasteiger partial charge in [-0.25, -0.2) is 4.79 Å². The molecule has 0 N–H and O–H groups in total. The zero-order valence-corrected chi connectivity index (χ0v) is 8.88. The number of esters is 1. The van der Waals surface area contributed by atoms with Crippen LogP contribution in [0.4, 0.5) is 22.0 Å². The molecule has 1 fully saturated rings. The summed E-state index contributed by atoms with van der Waals surface area (Å²) in [5.41, 5.74) is 0. The van der Waals surface area contributed by atoms with Gasteiger partial charge < -0.3 is 14.2 Å². The van der Waals surface area contributed by atoms with Crippen LogP contribution in [0.1, 0.15) is 0 Å². The first kappa shape index (κ1) is 14.8. The van der Waals surface area contributed by atoms with E-state index in [4.69, 9.17) is 0 Å². The SMILES string of the molecule is C=CC(=O)OC(C(F)(F)F)C(F)(F)C1OCCO1. The molecule has 0 spiro atoms. The van der Waals surface area contributed by atoms with Crippen LogP contribution in [0.15, 0.2) is 12.7 Å². The Morgan fingerprint density at radius 1 is 1.28 bits per heavy atom. The van der Waals surface area contributed by atoms with Crippen LogP contribution < -0.4 is 0 Å². The van der Waals surface area contributed by atoms with Gasteiger partial charge in [0.1, 0.15) is 0 Å². The van der Waals surface area contributed by atoms with Gasteiger partial charge in [0.2, 0.25) is 6.29 Å². The van der Waals surface area contributed by atoms with Gasteiger partial charge in [-0.05, 0) is 0 Å². The van der Waals surface area contributed by atoms with Gasteiger partial charge in [-0.2, -0.15) is 22.0 Å². The predicted molar refractivity (Wildman–Crippen MR) is 46.8 cm³/mol. The first-order valence-corrected chi connectivity index (χ1v) is 4.70. The fraction of sp³-hybridized carbons (Fsp3) is 0.667. The minimum absolute atomic E-state index is 0.264. The van der Waals surface area contributed by atoms with E-state index < -0.39 is 30.5 Å². The Kier molecular flexibility index (Phi) is 4.28. The maximum Gasteiger partial charge on any atom is 0.431 e. The van der Waals surface area contributed by atoms with Crippen LogP contribution in [0.3, 0.4) is 0 Å². The third kappa shape index (κ3) is 3.16. The summed E-state index contributed by atoms with van der Waals surface area (Å²) in [4.78, 5) is 10.7. The number of alkyl halides is 5. The average Bonchev–Trinajstić information content (AvgIpc) is 2.77. The van der Waals surface area contributed by atoms with Crippen molar-refractivity contribution in [1.29, 1.82) is 0 Å². The summed E-state index contributed by atoms with van der Waals surface area (Å²) in [6.45, 7) is 2.30. The molecule has 9 heteroatoms. The normalized spacial score (nSPS) is 19.6. The van der Waals surface area contributed by atoms with Gasteiger partial charge in [-0.1, -0.05) is 6.58 Å². The summed E-state index contributed by atoms with van der Waals surface area (Å²) >= 11 is 0. The molecule has 0 aromatic carbocycles. The second kappa shape index (κ2) is 5.19. The summed E-state index contributed by atoms with van der Waals surface area (Å²) in [5, 5.41) is 0. The smallest absolute Gasteiger partial charge is 0.431 e. The number of rotatable bonds is 4. The molecule has 0 aromatic rings. The Morgan fingerprint density at radius 2 is 1.78 bits per heavy atom. The van der Waals surface area contributed by atoms with Crippen molar-refractivity contribution in [3.05, 3.63) is 12.7 Å². The highest BCUT2D eigenvalue weighted by Gasteiger charge is 2.64. The zero-order chi connectivity index (χ0) is 14.0. The van der Waals surface area contributed by atoms with E-state index >= 15 is 0 Å². The number of hydrogen-bond acceptors (Lipinski definition) is 4. The minimum atomic E-state index is -5.46. The second-order valence-corrected chi connectivity index (χ2v) is 3.31. The molecule has 18 heavy (non-hydrogen) atoms. The molecular weight excluding hydrogens is 267 g/mol. The summed E-state index contributed by atoms with van der Waals surface area (Å²) < 4.78 is 76.7. The van der Waals surface area contributed by atoms with Gasteiger partial charge in [0.25, 0.3) is 6.10 Å². The standard InChI is InChI=1S/C9H9F5O4/c1-2-5(15)18-6(9(12,13)14)8(10,11)7-16-3-4-17-7/h2,6-7H,1,3-4H2. The van der Waals surface area contributed by atoms with E-state index in [1.54, 1.807) is 0 Å². The first-order chi connectivity index (χ1) is 8.19. The molecule has 4 nitrogen and oxygen atoms in total. The Hall–Kier alpha value is -1.22. The lowest BCUT2D eigenvalue weighted by atomic mass is 10.1. The monoisotopic (exact) mass is 276 g/mol. The third-order valence-electron chi connectivity index (χ3n) is 1.98. The molecule has 0 bridgehead atoms. The molecule has 0 saturated carbocycles. The fourth-order valence-electron chi connectivity index (χ4n) is 1.23. The first-order valence-electron chi connectivity index (χ1n) is 4.70. The van der Waals surface area contributed by atoms with Gasteiger partial charge in [-0.15, -0.1) is 0 Å². The van der Waals surface area contributed by atoms with Crippen LogP contribution in [0.2, 0.25) is 0 Å². The second-order valence-electron chi connectivity index (χ2n) is 3.31. The Morgan fingerprint density at radius 3 is 2.17 bits per heavy atom. The van der Waals surface area contributed by atoms with Gasteiger partial charge in [-0.3, -0.25) is 0 Å². The number of carbonyl (C=O) groups is 1. The summed E-state index contributed by atoms with van der Waals surface area (Å²) in [6.07, 6.45) is -11.2. The molecule has 0 aliphatic carbocycles. The van der Waals surface area contributed by atoms with Crippen LogP contribution in [0.25, 0.3) is 0 Å². The highest BCUT2D eigenvalue weighted by molar-refractivity contribution is 5.81. The van der Waals surface area contributed by atoms with Gasteiger partial charge in [0.05, 0.1) is 13.2 Å². The maximum absolute atomic E-state index is 13.5. The summed E-state index contributed by atoms with van der Waals surface area (Å²) in [6, 6.07) is 0. The third-order valence-corrected chi connectivity index (χ3v) is 1.98. The van der Waals surface area contributed by atoms with Gasteiger partial charge in [0, 0.05) is 6.08 Å². The minimum Gasteiger partial charge on any atom is -0.443 e. The predicted octanol–water partition coefficient (Wildman–Crippen LogP) is 1.65. The Labute approximate surface area is 98.3 Å². The molecule has 1 atom stereocenters. The Bertz CT molecular complexity index is 321. The van der Waals surface area contributed by atoms with E-state index in [2.05, 4.69) is 20.8 Å². The summed E-state index contributed by atoms with van der Waals surface area (Å²) in [7, 11) is 0. The largest absolute Gasteiger partial charge is 0.443 e. The number of hydrogen-bond donors (Lipinski definition) is 0. The van der Waals surface area contributed by atoms with E-state index in [-0.39, 0.29) is 13.2 Å². The van der Waals surface area contributed by atoms with Crippen molar-refractivity contribution in [2.45, 2.75) is 24.5 Å². The van der Waals surface area contributed by atoms with Crippen molar-refractivity contribution in [3.63, 3.8) is 0 Å². The number of ether oxygens (including phenoxy) is 3. The Balaban J connectivity index is 2.93. The molecule has 1 aliphatic heterocycles. The van der Waals surface area contributed by atoms with Crippen molar-refractivity contribution < 1.29 is 41.0 Å². The van der Waals surface area contributed by atoms with Gasteiger partial charge >= 0.3 is 18.1 Å². The van der Waals surface area contributed by atoms with E-state index in [1.165, 1.54) is 0 Å². The topological polar surface area (TPSA) is 44.8 Å². The van der Waals surface area contributed by atoms with Crippen molar-refractivity contribution in [2.75, 3.05) is 13.2 Å². The molecule has 0 amide bonds. The van der Waals surface area contributed by atoms with E-state index in [0.29, 0.717) is 6.08 Å². The van der Waals surface area contributed by atoms with Crippen molar-refractivity contribution in [2.24, 2.45) is 0 Å². The number of carbonyl (C=O) groups excluding carboxylic acids is 1. The lowest BCUT2D eigenvalue weighted by molar-refractivity contribution is -0.320. The highest BCUT2D eigenvalue weighted by Crippen LogP contribution is 2.39. The van der Waals surface area contributed by atoms with Crippen LogP contribution in [0, 0.1) is 0 Å². The zero-order valence-electron chi connectivity index (χ0n) is 8.88. The van der Waals surface area contributed by atoms with Crippen LogP contribution >= 0.6 is 0 Å². The van der Waals surface area contributed by atoms with Crippen molar-refractivity contribution >= 4 is 5.97 Å². The summed E-state index contributed by atoms with van der Waals surface area (Å²) in [5.74, 6) is -6.16. The molecule has 104 valence electrons. The van der Waals surface area contributed by atoms with Crippen LogP contribution in [-0.4, -0.2) is 43.7 Å². The maximum atomic E-state index is 13.5. The fourth-order valence-corrected chi connectivity index (χ4v) is 1.23. The average molecular weight is 276 g/mol. The van der Waals surface area contributed by atoms with E-state index in [1.807, 2.05) is 0 Å². The number of halogens is 5. The lowest BCUT2D eigenvalue weighted by Gasteiger charge is -2.30. The lowest BCUT2D eigenvalue weighted by Crippen LogP contribution is -2.54. The molecule has 1 aliphatic rings.